The molecule has 0 N–H and O–H groups in total. The van der Waals surface area contributed by atoms with Gasteiger partial charge in [0.25, 0.3) is 0 Å². The van der Waals surface area contributed by atoms with Gasteiger partial charge in [-0.3, -0.25) is 0 Å². The molecule has 0 aliphatic heterocycles. The third kappa shape index (κ3) is 3.08. The highest BCUT2D eigenvalue weighted by atomic mass is 79.9. The molecule has 20 heavy (non-hydrogen) atoms. The van der Waals surface area contributed by atoms with Gasteiger partial charge >= 0.3 is 5.97 Å². The van der Waals surface area contributed by atoms with Gasteiger partial charge in [0, 0.05) is 16.7 Å². The number of hydrogen-bond acceptors (Lipinski definition) is 5. The second kappa shape index (κ2) is 5.91. The molecule has 2 aromatic rings. The highest BCUT2D eigenvalue weighted by Crippen LogP contribution is 2.28. The zero-order valence-corrected chi connectivity index (χ0v) is 11.6. The normalized spacial score (nSPS) is 10.2. The molecule has 0 fully saturated rings. The first-order valence-electron chi connectivity index (χ1n) is 5.25. The third-order valence-corrected chi connectivity index (χ3v) is 2.63. The van der Waals surface area contributed by atoms with Crippen LogP contribution >= 0.6 is 15.9 Å². The molecular weight excluding hydrogens is 338 g/mol. The van der Waals surface area contributed by atoms with E-state index in [4.69, 9.17) is 4.74 Å². The van der Waals surface area contributed by atoms with Gasteiger partial charge in [0.2, 0.25) is 17.5 Å². The van der Waals surface area contributed by atoms with Crippen molar-refractivity contribution < 1.29 is 23.0 Å². The summed E-state index contributed by atoms with van der Waals surface area (Å²) in [4.78, 5) is 18.6. The minimum atomic E-state index is -1.16. The highest BCUT2D eigenvalue weighted by molar-refractivity contribution is 9.10. The van der Waals surface area contributed by atoms with E-state index >= 15 is 0 Å². The summed E-state index contributed by atoms with van der Waals surface area (Å²) in [5.41, 5.74) is 0. The van der Waals surface area contributed by atoms with E-state index in [0.29, 0.717) is 4.47 Å². The number of rotatable bonds is 3. The first kappa shape index (κ1) is 14.3. The zero-order valence-electron chi connectivity index (χ0n) is 10.1. The van der Waals surface area contributed by atoms with Crippen molar-refractivity contribution >= 4 is 21.9 Å². The van der Waals surface area contributed by atoms with E-state index in [9.17, 15) is 13.6 Å². The number of benzene rings is 1. The van der Waals surface area contributed by atoms with Gasteiger partial charge < -0.3 is 9.47 Å². The Balaban J connectivity index is 2.33. The Morgan fingerprint density at radius 2 is 2.10 bits per heavy atom. The van der Waals surface area contributed by atoms with Crippen molar-refractivity contribution in [2.24, 2.45) is 0 Å². The Kier molecular flexibility index (Phi) is 4.23. The molecule has 2 rings (SSSR count). The Bertz CT molecular complexity index is 667. The molecule has 0 radical (unpaired) electrons. The number of nitrogens with zero attached hydrogens (tertiary/aromatic N) is 2. The van der Waals surface area contributed by atoms with Crippen molar-refractivity contribution in [3.8, 4) is 11.6 Å². The van der Waals surface area contributed by atoms with E-state index in [1.165, 1.54) is 25.4 Å². The van der Waals surface area contributed by atoms with Gasteiger partial charge in [-0.25, -0.2) is 14.2 Å². The molecule has 0 spiro atoms. The van der Waals surface area contributed by atoms with Crippen molar-refractivity contribution in [3.63, 3.8) is 0 Å². The molecule has 5 nitrogen and oxygen atoms in total. The minimum Gasteiger partial charge on any atom is -0.463 e. The van der Waals surface area contributed by atoms with Gasteiger partial charge in [0.05, 0.1) is 7.11 Å². The van der Waals surface area contributed by atoms with Gasteiger partial charge in [-0.05, 0) is 12.1 Å². The lowest BCUT2D eigenvalue weighted by atomic mass is 10.3. The fraction of sp³-hybridized carbons (Fsp3) is 0.0833. The quantitative estimate of drug-likeness (QED) is 0.632. The van der Waals surface area contributed by atoms with Gasteiger partial charge in [0.15, 0.2) is 11.6 Å². The van der Waals surface area contributed by atoms with Crippen molar-refractivity contribution in [2.75, 3.05) is 7.11 Å². The summed E-state index contributed by atoms with van der Waals surface area (Å²) in [6.45, 7) is 0. The van der Waals surface area contributed by atoms with E-state index in [-0.39, 0.29) is 17.5 Å². The Morgan fingerprint density at radius 1 is 1.35 bits per heavy atom. The number of ether oxygens (including phenoxy) is 2. The number of carbonyl (C=O) groups excluding carboxylic acids is 1. The number of methoxy groups -OCH3 is 1. The summed E-state index contributed by atoms with van der Waals surface area (Å²) in [7, 11) is 1.17. The van der Waals surface area contributed by atoms with Crippen LogP contribution in [0.15, 0.2) is 28.9 Å². The van der Waals surface area contributed by atoms with E-state index in [1.807, 2.05) is 0 Å². The molecule has 1 heterocycles. The molecule has 0 aliphatic carbocycles. The number of carbonyl (C=O) groups is 1. The Hall–Kier alpha value is -2.09. The van der Waals surface area contributed by atoms with Crippen LogP contribution in [-0.2, 0) is 4.74 Å². The molecule has 0 atom stereocenters. The molecule has 0 aliphatic rings. The largest absolute Gasteiger partial charge is 0.463 e. The van der Waals surface area contributed by atoms with Crippen LogP contribution in [0.25, 0.3) is 0 Å². The fourth-order valence-corrected chi connectivity index (χ4v) is 1.72. The van der Waals surface area contributed by atoms with Crippen LogP contribution in [0.1, 0.15) is 10.6 Å². The monoisotopic (exact) mass is 344 g/mol. The maximum atomic E-state index is 13.5. The van der Waals surface area contributed by atoms with Crippen LogP contribution in [0.4, 0.5) is 8.78 Å². The fourth-order valence-electron chi connectivity index (χ4n) is 1.31. The number of halogens is 3. The van der Waals surface area contributed by atoms with Gasteiger partial charge in [-0.15, -0.1) is 0 Å². The lowest BCUT2D eigenvalue weighted by Gasteiger charge is -2.07. The van der Waals surface area contributed by atoms with Gasteiger partial charge in [-0.2, -0.15) is 9.37 Å². The van der Waals surface area contributed by atoms with Gasteiger partial charge in [0.1, 0.15) is 0 Å². The first-order valence-corrected chi connectivity index (χ1v) is 6.04. The van der Waals surface area contributed by atoms with Crippen LogP contribution in [0.2, 0.25) is 0 Å². The van der Waals surface area contributed by atoms with Crippen molar-refractivity contribution in [1.29, 1.82) is 0 Å². The molecule has 1 aromatic carbocycles. The molecule has 0 bridgehead atoms. The summed E-state index contributed by atoms with van der Waals surface area (Å²) in [6.07, 6.45) is 1.24. The van der Waals surface area contributed by atoms with E-state index in [2.05, 4.69) is 30.6 Å². The standard InChI is InChI=1S/C12H7BrF2N2O3/c1-19-12(18)11-16-3-2-9(17-11)20-8-5-6(13)4-7(14)10(8)15/h2-5H,1H3. The van der Waals surface area contributed by atoms with Crippen LogP contribution in [0.3, 0.4) is 0 Å². The zero-order chi connectivity index (χ0) is 14.7. The predicted octanol–water partition coefficient (Wildman–Crippen LogP) is 3.10. The van der Waals surface area contributed by atoms with Crippen LogP contribution in [0, 0.1) is 11.6 Å². The minimum absolute atomic E-state index is 0.114. The Morgan fingerprint density at radius 3 is 2.80 bits per heavy atom. The van der Waals surface area contributed by atoms with E-state index in [1.54, 1.807) is 0 Å². The summed E-state index contributed by atoms with van der Waals surface area (Å²) in [6, 6.07) is 3.49. The second-order valence-electron chi connectivity index (χ2n) is 3.51. The molecule has 0 unspecified atom stereocenters. The number of hydrogen-bond donors (Lipinski definition) is 0. The summed E-state index contributed by atoms with van der Waals surface area (Å²) in [5.74, 6) is -3.73. The molecule has 8 heteroatoms. The SMILES string of the molecule is COC(=O)c1nccc(Oc2cc(Br)cc(F)c2F)n1. The summed E-state index contributed by atoms with van der Waals surface area (Å²) < 4.78 is 36.6. The number of aromatic nitrogens is 2. The Labute approximate surface area is 120 Å². The average Bonchev–Trinajstić information content (AvgIpc) is 2.43. The van der Waals surface area contributed by atoms with Crippen LogP contribution in [-0.4, -0.2) is 23.0 Å². The van der Waals surface area contributed by atoms with Gasteiger partial charge in [-0.1, -0.05) is 15.9 Å². The predicted molar refractivity (Wildman–Crippen MR) is 67.5 cm³/mol. The number of esters is 1. The van der Waals surface area contributed by atoms with E-state index in [0.717, 1.165) is 6.07 Å². The highest BCUT2D eigenvalue weighted by Gasteiger charge is 2.15. The van der Waals surface area contributed by atoms with Crippen LogP contribution < -0.4 is 4.74 Å². The lowest BCUT2D eigenvalue weighted by Crippen LogP contribution is -2.07. The van der Waals surface area contributed by atoms with Crippen molar-refractivity contribution in [1.82, 2.24) is 9.97 Å². The van der Waals surface area contributed by atoms with Crippen molar-refractivity contribution in [3.05, 3.63) is 46.3 Å². The summed E-state index contributed by atoms with van der Waals surface area (Å²) in [5, 5.41) is 0. The smallest absolute Gasteiger partial charge is 0.376 e. The van der Waals surface area contributed by atoms with Crippen molar-refractivity contribution in [2.45, 2.75) is 0 Å². The molecule has 0 saturated carbocycles. The lowest BCUT2D eigenvalue weighted by molar-refractivity contribution is 0.0585. The van der Waals surface area contributed by atoms with Crippen LogP contribution in [0.5, 0.6) is 11.6 Å². The third-order valence-electron chi connectivity index (χ3n) is 2.17. The molecule has 1 aromatic heterocycles. The first-order chi connectivity index (χ1) is 9.51. The average molecular weight is 345 g/mol. The maximum absolute atomic E-state index is 13.5. The maximum Gasteiger partial charge on any atom is 0.376 e. The second-order valence-corrected chi connectivity index (χ2v) is 4.43. The molecule has 0 saturated heterocycles. The molecular formula is C12H7BrF2N2O3. The topological polar surface area (TPSA) is 61.3 Å². The molecule has 0 amide bonds. The molecule has 104 valence electrons. The van der Waals surface area contributed by atoms with E-state index < -0.39 is 17.6 Å². The summed E-state index contributed by atoms with van der Waals surface area (Å²) >= 11 is 3.02.